The summed E-state index contributed by atoms with van der Waals surface area (Å²) in [5, 5.41) is 0.735. The van der Waals surface area contributed by atoms with Crippen molar-refractivity contribution in [3.63, 3.8) is 0 Å². The van der Waals surface area contributed by atoms with Crippen LogP contribution in [0.4, 0.5) is 0 Å². The van der Waals surface area contributed by atoms with Gasteiger partial charge in [-0.2, -0.15) is 11.8 Å². The molecule has 1 aromatic rings. The third-order valence-electron chi connectivity index (χ3n) is 1.17. The standard InChI is InChI=1S/C6H5Cl3N2S/c1-12-2-3-4(7)10-6(9)11-5(3)8/h2H2,1H3. The third kappa shape index (κ3) is 2.39. The SMILES string of the molecule is CSCc1c(Cl)nc(Cl)nc1Cl. The first-order chi connectivity index (χ1) is 5.65. The Labute approximate surface area is 89.6 Å². The smallest absolute Gasteiger partial charge is 0.206 e. The number of halogens is 3. The van der Waals surface area contributed by atoms with Crippen LogP contribution >= 0.6 is 46.6 Å². The van der Waals surface area contributed by atoms with E-state index in [2.05, 4.69) is 9.97 Å². The number of aromatic nitrogens is 2. The van der Waals surface area contributed by atoms with Crippen LogP contribution in [-0.2, 0) is 5.75 Å². The summed E-state index contributed by atoms with van der Waals surface area (Å²) in [4.78, 5) is 7.55. The van der Waals surface area contributed by atoms with Gasteiger partial charge in [0.05, 0.1) is 0 Å². The number of thioether (sulfide) groups is 1. The Balaban J connectivity index is 3.10. The van der Waals surface area contributed by atoms with Gasteiger partial charge >= 0.3 is 0 Å². The van der Waals surface area contributed by atoms with Crippen LogP contribution in [0.3, 0.4) is 0 Å². The first-order valence-corrected chi connectivity index (χ1v) is 5.54. The summed E-state index contributed by atoms with van der Waals surface area (Å²) in [5.74, 6) is 0.689. The summed E-state index contributed by atoms with van der Waals surface area (Å²) in [6, 6.07) is 0. The molecule has 0 unspecified atom stereocenters. The van der Waals surface area contributed by atoms with E-state index in [0.29, 0.717) is 16.1 Å². The number of rotatable bonds is 2. The van der Waals surface area contributed by atoms with E-state index in [1.54, 1.807) is 11.8 Å². The van der Waals surface area contributed by atoms with Crippen molar-refractivity contribution >= 4 is 46.6 Å². The highest BCUT2D eigenvalue weighted by Crippen LogP contribution is 2.25. The van der Waals surface area contributed by atoms with Crippen LogP contribution in [0, 0.1) is 0 Å². The molecule has 6 heteroatoms. The molecule has 0 spiro atoms. The predicted molar refractivity (Wildman–Crippen MR) is 54.3 cm³/mol. The Hall–Kier alpha value is 0.300. The third-order valence-corrected chi connectivity index (χ3v) is 2.54. The van der Waals surface area contributed by atoms with Gasteiger partial charge in [0.15, 0.2) is 0 Å². The van der Waals surface area contributed by atoms with Gasteiger partial charge in [-0.15, -0.1) is 0 Å². The van der Waals surface area contributed by atoms with Crippen molar-refractivity contribution in [2.45, 2.75) is 5.75 Å². The lowest BCUT2D eigenvalue weighted by Gasteiger charge is -2.02. The maximum atomic E-state index is 5.78. The second-order valence-electron chi connectivity index (χ2n) is 1.99. The number of hydrogen-bond donors (Lipinski definition) is 0. The fraction of sp³-hybridized carbons (Fsp3) is 0.333. The van der Waals surface area contributed by atoms with Gasteiger partial charge in [-0.25, -0.2) is 9.97 Å². The van der Waals surface area contributed by atoms with Crippen LogP contribution in [-0.4, -0.2) is 16.2 Å². The minimum atomic E-state index is 0.0786. The molecule has 0 aliphatic rings. The maximum Gasteiger partial charge on any atom is 0.225 e. The van der Waals surface area contributed by atoms with Crippen molar-refractivity contribution in [3.05, 3.63) is 21.2 Å². The lowest BCUT2D eigenvalue weighted by atomic mass is 10.4. The fourth-order valence-corrected chi connectivity index (χ4v) is 2.17. The molecule has 0 radical (unpaired) electrons. The molecule has 0 saturated heterocycles. The van der Waals surface area contributed by atoms with Crippen LogP contribution in [0.1, 0.15) is 5.56 Å². The Morgan fingerprint density at radius 1 is 1.17 bits per heavy atom. The first-order valence-electron chi connectivity index (χ1n) is 3.01. The van der Waals surface area contributed by atoms with Crippen LogP contribution in [0.5, 0.6) is 0 Å². The average Bonchev–Trinajstić information content (AvgIpc) is 1.96. The van der Waals surface area contributed by atoms with Crippen molar-refractivity contribution in [1.29, 1.82) is 0 Å². The largest absolute Gasteiger partial charge is 0.225 e. The molecule has 66 valence electrons. The zero-order valence-corrected chi connectivity index (χ0v) is 9.23. The molecule has 1 aromatic heterocycles. The van der Waals surface area contributed by atoms with Gasteiger partial charge in [0.1, 0.15) is 10.3 Å². The van der Waals surface area contributed by atoms with E-state index < -0.39 is 0 Å². The molecular formula is C6H5Cl3N2S. The van der Waals surface area contributed by atoms with Gasteiger partial charge in [-0.3, -0.25) is 0 Å². The van der Waals surface area contributed by atoms with E-state index in [9.17, 15) is 0 Å². The number of hydrogen-bond acceptors (Lipinski definition) is 3. The van der Waals surface area contributed by atoms with Gasteiger partial charge in [0, 0.05) is 11.3 Å². The Bertz CT molecular complexity index is 269. The highest BCUT2D eigenvalue weighted by molar-refractivity contribution is 7.97. The van der Waals surface area contributed by atoms with Crippen molar-refractivity contribution < 1.29 is 0 Å². The second kappa shape index (κ2) is 4.51. The van der Waals surface area contributed by atoms with E-state index in [1.807, 2.05) is 6.26 Å². The molecule has 1 rings (SSSR count). The summed E-state index contributed by atoms with van der Waals surface area (Å²) < 4.78 is 0. The van der Waals surface area contributed by atoms with E-state index in [1.165, 1.54) is 0 Å². The molecule has 0 saturated carbocycles. The first kappa shape index (κ1) is 10.4. The molecule has 1 heterocycles. The van der Waals surface area contributed by atoms with Crippen molar-refractivity contribution in [1.82, 2.24) is 9.97 Å². The van der Waals surface area contributed by atoms with Crippen molar-refractivity contribution in [3.8, 4) is 0 Å². The summed E-state index contributed by atoms with van der Waals surface area (Å²) in [6.45, 7) is 0. The van der Waals surface area contributed by atoms with Crippen molar-refractivity contribution in [2.24, 2.45) is 0 Å². The Morgan fingerprint density at radius 2 is 1.67 bits per heavy atom. The van der Waals surface area contributed by atoms with Gasteiger partial charge in [0.2, 0.25) is 5.28 Å². The molecule has 0 atom stereocenters. The molecule has 0 aliphatic carbocycles. The average molecular weight is 244 g/mol. The van der Waals surface area contributed by atoms with Crippen LogP contribution in [0.25, 0.3) is 0 Å². The van der Waals surface area contributed by atoms with Crippen LogP contribution in [0.2, 0.25) is 15.6 Å². The quantitative estimate of drug-likeness (QED) is 0.589. The maximum absolute atomic E-state index is 5.78. The number of nitrogens with zero attached hydrogens (tertiary/aromatic N) is 2. The minimum absolute atomic E-state index is 0.0786. The topological polar surface area (TPSA) is 25.8 Å². The van der Waals surface area contributed by atoms with E-state index in [4.69, 9.17) is 34.8 Å². The van der Waals surface area contributed by atoms with Crippen LogP contribution in [0.15, 0.2) is 0 Å². The Morgan fingerprint density at radius 3 is 2.08 bits per heavy atom. The lowest BCUT2D eigenvalue weighted by molar-refractivity contribution is 1.12. The summed E-state index contributed by atoms with van der Waals surface area (Å²) in [5.41, 5.74) is 0.732. The lowest BCUT2D eigenvalue weighted by Crippen LogP contribution is -1.92. The monoisotopic (exact) mass is 242 g/mol. The second-order valence-corrected chi connectivity index (χ2v) is 3.91. The predicted octanol–water partition coefficient (Wildman–Crippen LogP) is 3.30. The molecule has 0 N–H and O–H groups in total. The Kier molecular flexibility index (Phi) is 3.90. The highest BCUT2D eigenvalue weighted by Gasteiger charge is 2.09. The zero-order chi connectivity index (χ0) is 9.14. The van der Waals surface area contributed by atoms with Crippen LogP contribution < -0.4 is 0 Å². The summed E-state index contributed by atoms with van der Waals surface area (Å²) >= 11 is 18.7. The van der Waals surface area contributed by atoms with Gasteiger partial charge < -0.3 is 0 Å². The minimum Gasteiger partial charge on any atom is -0.206 e. The molecule has 12 heavy (non-hydrogen) atoms. The van der Waals surface area contributed by atoms with E-state index >= 15 is 0 Å². The summed E-state index contributed by atoms with van der Waals surface area (Å²) in [7, 11) is 0. The molecule has 0 aromatic carbocycles. The molecule has 0 amide bonds. The fourth-order valence-electron chi connectivity index (χ4n) is 0.671. The normalized spacial score (nSPS) is 10.3. The van der Waals surface area contributed by atoms with Crippen molar-refractivity contribution in [2.75, 3.05) is 6.26 Å². The molecule has 2 nitrogen and oxygen atoms in total. The molecule has 0 bridgehead atoms. The molecule has 0 fully saturated rings. The summed E-state index contributed by atoms with van der Waals surface area (Å²) in [6.07, 6.45) is 1.95. The van der Waals surface area contributed by atoms with E-state index in [-0.39, 0.29) is 5.28 Å². The van der Waals surface area contributed by atoms with Gasteiger partial charge in [-0.05, 0) is 17.9 Å². The zero-order valence-electron chi connectivity index (χ0n) is 6.14. The van der Waals surface area contributed by atoms with Gasteiger partial charge in [-0.1, -0.05) is 23.2 Å². The molecular weight excluding hydrogens is 239 g/mol. The van der Waals surface area contributed by atoms with Gasteiger partial charge in [0.25, 0.3) is 0 Å². The molecule has 0 aliphatic heterocycles. The van der Waals surface area contributed by atoms with E-state index in [0.717, 1.165) is 5.56 Å². The highest BCUT2D eigenvalue weighted by atomic mass is 35.5.